The van der Waals surface area contributed by atoms with Crippen molar-refractivity contribution in [2.75, 3.05) is 5.73 Å². The molecule has 2 N–H and O–H groups in total. The van der Waals surface area contributed by atoms with E-state index in [4.69, 9.17) is 5.73 Å². The van der Waals surface area contributed by atoms with E-state index in [0.717, 1.165) is 22.0 Å². The molecule has 1 aromatic carbocycles. The summed E-state index contributed by atoms with van der Waals surface area (Å²) in [7, 11) is 0. The standard InChI is InChI=1S/C13H10N4S/c14-13-15-7-6-10(17-13)11-8-18-12(16-11)9-4-2-1-3-5-9/h1-8H,(H2,14,15,17). The van der Waals surface area contributed by atoms with Gasteiger partial charge in [-0.3, -0.25) is 0 Å². The number of nitrogen functional groups attached to an aromatic ring is 1. The maximum Gasteiger partial charge on any atom is 0.220 e. The van der Waals surface area contributed by atoms with Gasteiger partial charge in [0.15, 0.2) is 0 Å². The Morgan fingerprint density at radius 2 is 1.78 bits per heavy atom. The van der Waals surface area contributed by atoms with E-state index in [1.165, 1.54) is 0 Å². The summed E-state index contributed by atoms with van der Waals surface area (Å²) in [5, 5.41) is 2.95. The molecule has 0 aliphatic heterocycles. The van der Waals surface area contributed by atoms with E-state index in [1.807, 2.05) is 35.7 Å². The van der Waals surface area contributed by atoms with E-state index in [1.54, 1.807) is 23.6 Å². The highest BCUT2D eigenvalue weighted by Crippen LogP contribution is 2.27. The molecule has 0 bridgehead atoms. The van der Waals surface area contributed by atoms with Crippen LogP contribution in [0.1, 0.15) is 0 Å². The molecular formula is C13H10N4S. The summed E-state index contributed by atoms with van der Waals surface area (Å²) >= 11 is 1.59. The van der Waals surface area contributed by atoms with Crippen LogP contribution in [0.3, 0.4) is 0 Å². The summed E-state index contributed by atoms with van der Waals surface area (Å²) in [6.45, 7) is 0. The third-order valence-corrected chi connectivity index (χ3v) is 3.35. The maximum atomic E-state index is 5.57. The largest absolute Gasteiger partial charge is 0.368 e. The third kappa shape index (κ3) is 2.08. The quantitative estimate of drug-likeness (QED) is 0.763. The molecule has 0 radical (unpaired) electrons. The van der Waals surface area contributed by atoms with Gasteiger partial charge in [0.2, 0.25) is 5.95 Å². The van der Waals surface area contributed by atoms with Gasteiger partial charge in [0.1, 0.15) is 10.7 Å². The summed E-state index contributed by atoms with van der Waals surface area (Å²) in [5.74, 6) is 0.266. The highest BCUT2D eigenvalue weighted by molar-refractivity contribution is 7.13. The van der Waals surface area contributed by atoms with Crippen molar-refractivity contribution in [3.8, 4) is 22.0 Å². The van der Waals surface area contributed by atoms with E-state index in [-0.39, 0.29) is 5.95 Å². The number of anilines is 1. The first-order chi connectivity index (χ1) is 8.83. The molecular weight excluding hydrogens is 244 g/mol. The molecule has 0 saturated heterocycles. The van der Waals surface area contributed by atoms with Crippen molar-refractivity contribution in [1.29, 1.82) is 0 Å². The Kier molecular flexibility index (Phi) is 2.74. The molecule has 0 fully saturated rings. The molecule has 0 spiro atoms. The fourth-order valence-electron chi connectivity index (χ4n) is 1.62. The van der Waals surface area contributed by atoms with E-state index in [9.17, 15) is 0 Å². The van der Waals surface area contributed by atoms with Crippen molar-refractivity contribution < 1.29 is 0 Å². The fraction of sp³-hybridized carbons (Fsp3) is 0. The Labute approximate surface area is 108 Å². The zero-order valence-electron chi connectivity index (χ0n) is 9.45. The lowest BCUT2D eigenvalue weighted by Gasteiger charge is -1.96. The van der Waals surface area contributed by atoms with Gasteiger partial charge in [-0.1, -0.05) is 30.3 Å². The summed E-state index contributed by atoms with van der Waals surface area (Å²) in [6, 6.07) is 11.9. The summed E-state index contributed by atoms with van der Waals surface area (Å²) in [6.07, 6.45) is 1.64. The molecule has 3 aromatic rings. The number of benzene rings is 1. The molecule has 0 saturated carbocycles. The van der Waals surface area contributed by atoms with Crippen LogP contribution in [0, 0.1) is 0 Å². The molecule has 18 heavy (non-hydrogen) atoms. The van der Waals surface area contributed by atoms with E-state index >= 15 is 0 Å². The lowest BCUT2D eigenvalue weighted by atomic mass is 10.2. The summed E-state index contributed by atoms with van der Waals surface area (Å²) < 4.78 is 0. The van der Waals surface area contributed by atoms with Crippen molar-refractivity contribution in [1.82, 2.24) is 15.0 Å². The van der Waals surface area contributed by atoms with Gasteiger partial charge < -0.3 is 5.73 Å². The minimum absolute atomic E-state index is 0.266. The van der Waals surface area contributed by atoms with Crippen LogP contribution in [0.2, 0.25) is 0 Å². The van der Waals surface area contributed by atoms with Gasteiger partial charge in [0, 0.05) is 17.1 Å². The number of rotatable bonds is 2. The first-order valence-electron chi connectivity index (χ1n) is 5.43. The molecule has 0 amide bonds. The molecule has 0 atom stereocenters. The van der Waals surface area contributed by atoms with Crippen molar-refractivity contribution in [2.45, 2.75) is 0 Å². The van der Waals surface area contributed by atoms with Crippen molar-refractivity contribution in [2.24, 2.45) is 0 Å². The van der Waals surface area contributed by atoms with E-state index in [2.05, 4.69) is 15.0 Å². The van der Waals surface area contributed by atoms with Crippen LogP contribution in [0.15, 0.2) is 48.0 Å². The maximum absolute atomic E-state index is 5.57. The fourth-order valence-corrected chi connectivity index (χ4v) is 2.44. The topological polar surface area (TPSA) is 64.7 Å². The molecule has 4 nitrogen and oxygen atoms in total. The van der Waals surface area contributed by atoms with Crippen LogP contribution in [0.25, 0.3) is 22.0 Å². The molecule has 0 aliphatic rings. The number of hydrogen-bond acceptors (Lipinski definition) is 5. The average molecular weight is 254 g/mol. The monoisotopic (exact) mass is 254 g/mol. The first-order valence-corrected chi connectivity index (χ1v) is 6.31. The minimum atomic E-state index is 0.266. The second kappa shape index (κ2) is 4.54. The summed E-state index contributed by atoms with van der Waals surface area (Å²) in [4.78, 5) is 12.6. The van der Waals surface area contributed by atoms with E-state index in [0.29, 0.717) is 0 Å². The molecule has 5 heteroatoms. The Hall–Kier alpha value is -2.27. The van der Waals surface area contributed by atoms with Crippen molar-refractivity contribution in [3.05, 3.63) is 48.0 Å². The van der Waals surface area contributed by atoms with Crippen LogP contribution in [-0.4, -0.2) is 15.0 Å². The van der Waals surface area contributed by atoms with Gasteiger partial charge in [-0.2, -0.15) is 0 Å². The van der Waals surface area contributed by atoms with Crippen LogP contribution < -0.4 is 5.73 Å². The molecule has 0 aliphatic carbocycles. The highest BCUT2D eigenvalue weighted by Gasteiger charge is 2.07. The minimum Gasteiger partial charge on any atom is -0.368 e. The van der Waals surface area contributed by atoms with Crippen molar-refractivity contribution >= 4 is 17.3 Å². The molecule has 3 rings (SSSR count). The molecule has 0 unspecified atom stereocenters. The van der Waals surface area contributed by atoms with Gasteiger partial charge in [-0.15, -0.1) is 11.3 Å². The van der Waals surface area contributed by atoms with Crippen LogP contribution >= 0.6 is 11.3 Å². The second-order valence-electron chi connectivity index (χ2n) is 3.70. The average Bonchev–Trinajstić information content (AvgIpc) is 2.89. The Morgan fingerprint density at radius 3 is 2.56 bits per heavy atom. The first kappa shape index (κ1) is 10.9. The molecule has 88 valence electrons. The lowest BCUT2D eigenvalue weighted by molar-refractivity contribution is 1.18. The summed E-state index contributed by atoms with van der Waals surface area (Å²) in [5.41, 5.74) is 8.25. The SMILES string of the molecule is Nc1nccc(-c2csc(-c3ccccc3)n2)n1. The van der Waals surface area contributed by atoms with Crippen LogP contribution in [-0.2, 0) is 0 Å². The number of nitrogens with zero attached hydrogens (tertiary/aromatic N) is 3. The zero-order valence-corrected chi connectivity index (χ0v) is 10.3. The van der Waals surface area contributed by atoms with Gasteiger partial charge in [0.05, 0.1) is 5.69 Å². The third-order valence-electron chi connectivity index (χ3n) is 2.46. The Balaban J connectivity index is 2.00. The Morgan fingerprint density at radius 1 is 0.944 bits per heavy atom. The van der Waals surface area contributed by atoms with Crippen LogP contribution in [0.4, 0.5) is 5.95 Å². The number of nitrogens with two attached hydrogens (primary N) is 1. The predicted octanol–water partition coefficient (Wildman–Crippen LogP) is 2.85. The predicted molar refractivity (Wildman–Crippen MR) is 73.0 cm³/mol. The molecule has 2 heterocycles. The van der Waals surface area contributed by atoms with Crippen molar-refractivity contribution in [3.63, 3.8) is 0 Å². The number of aromatic nitrogens is 3. The molecule has 2 aromatic heterocycles. The normalized spacial score (nSPS) is 10.4. The number of thiazole rings is 1. The zero-order chi connectivity index (χ0) is 12.4. The highest BCUT2D eigenvalue weighted by atomic mass is 32.1. The van der Waals surface area contributed by atoms with E-state index < -0.39 is 0 Å². The van der Waals surface area contributed by atoms with Gasteiger partial charge in [0.25, 0.3) is 0 Å². The Bertz CT molecular complexity index is 664. The van der Waals surface area contributed by atoms with Gasteiger partial charge in [-0.25, -0.2) is 15.0 Å². The number of hydrogen-bond donors (Lipinski definition) is 1. The smallest absolute Gasteiger partial charge is 0.220 e. The van der Waals surface area contributed by atoms with Gasteiger partial charge in [-0.05, 0) is 6.07 Å². The van der Waals surface area contributed by atoms with Gasteiger partial charge >= 0.3 is 0 Å². The lowest BCUT2D eigenvalue weighted by Crippen LogP contribution is -1.95. The van der Waals surface area contributed by atoms with Crippen LogP contribution in [0.5, 0.6) is 0 Å². The second-order valence-corrected chi connectivity index (χ2v) is 4.56.